The number of amides is 1. The lowest BCUT2D eigenvalue weighted by Gasteiger charge is -2.27. The molecule has 5 heteroatoms. The van der Waals surface area contributed by atoms with Crippen molar-refractivity contribution >= 4 is 11.9 Å². The molecule has 1 rings (SSSR count). The Hall–Kier alpha value is -1.88. The summed E-state index contributed by atoms with van der Waals surface area (Å²) in [5.41, 5.74) is 4.83. The third-order valence-electron chi connectivity index (χ3n) is 3.28. The van der Waals surface area contributed by atoms with Crippen LogP contribution in [0.5, 0.6) is 0 Å². The molecule has 0 bridgehead atoms. The molecule has 0 spiro atoms. The first kappa shape index (κ1) is 16.2. The van der Waals surface area contributed by atoms with Crippen LogP contribution < -0.4 is 5.73 Å². The number of carbonyl (C=O) groups is 2. The van der Waals surface area contributed by atoms with Crippen molar-refractivity contribution in [3.8, 4) is 0 Å². The van der Waals surface area contributed by atoms with Crippen LogP contribution in [-0.4, -0.2) is 26.1 Å². The summed E-state index contributed by atoms with van der Waals surface area (Å²) in [7, 11) is 2.43. The first-order valence-electron chi connectivity index (χ1n) is 6.24. The zero-order chi connectivity index (χ0) is 15.6. The second-order valence-corrected chi connectivity index (χ2v) is 5.57. The van der Waals surface area contributed by atoms with Crippen molar-refractivity contribution in [2.24, 2.45) is 5.73 Å². The zero-order valence-corrected chi connectivity index (χ0v) is 12.5. The number of nitrogens with two attached hydrogens (primary N) is 1. The van der Waals surface area contributed by atoms with Crippen molar-refractivity contribution in [3.63, 3.8) is 0 Å². The maximum absolute atomic E-state index is 11.9. The van der Waals surface area contributed by atoms with E-state index in [0.29, 0.717) is 5.56 Å². The van der Waals surface area contributed by atoms with Gasteiger partial charge in [0, 0.05) is 12.7 Å². The number of rotatable bonds is 4. The molecule has 0 fully saturated rings. The van der Waals surface area contributed by atoms with E-state index in [0.717, 1.165) is 5.56 Å². The normalized spacial score (nSPS) is 14.4. The Bertz CT molecular complexity index is 502. The molecule has 1 amide bonds. The number of methoxy groups -OCH3 is 2. The summed E-state index contributed by atoms with van der Waals surface area (Å²) in [6, 6.07) is 7.00. The van der Waals surface area contributed by atoms with E-state index in [-0.39, 0.29) is 5.41 Å². The van der Waals surface area contributed by atoms with Gasteiger partial charge in [-0.05, 0) is 11.0 Å². The molecule has 20 heavy (non-hydrogen) atoms. The van der Waals surface area contributed by atoms with E-state index < -0.39 is 17.5 Å². The molecule has 0 aliphatic rings. The molecule has 1 aromatic carbocycles. The third kappa shape index (κ3) is 2.67. The smallest absolute Gasteiger partial charge is 0.352 e. The lowest BCUT2D eigenvalue weighted by Crippen LogP contribution is -2.50. The number of benzene rings is 1. The summed E-state index contributed by atoms with van der Waals surface area (Å²) in [5, 5.41) is 0. The molecule has 1 unspecified atom stereocenters. The second-order valence-electron chi connectivity index (χ2n) is 5.57. The first-order valence-corrected chi connectivity index (χ1v) is 6.24. The third-order valence-corrected chi connectivity index (χ3v) is 3.28. The van der Waals surface area contributed by atoms with Crippen molar-refractivity contribution in [1.29, 1.82) is 0 Å². The number of esters is 1. The number of hydrogen-bond acceptors (Lipinski definition) is 4. The number of hydrogen-bond donors (Lipinski definition) is 1. The van der Waals surface area contributed by atoms with E-state index in [4.69, 9.17) is 10.5 Å². The van der Waals surface area contributed by atoms with Crippen LogP contribution in [0.1, 0.15) is 31.9 Å². The average Bonchev–Trinajstić information content (AvgIpc) is 2.39. The van der Waals surface area contributed by atoms with Gasteiger partial charge in [0.1, 0.15) is 0 Å². The van der Waals surface area contributed by atoms with Crippen molar-refractivity contribution < 1.29 is 19.1 Å². The van der Waals surface area contributed by atoms with E-state index >= 15 is 0 Å². The van der Waals surface area contributed by atoms with Gasteiger partial charge in [-0.15, -0.1) is 0 Å². The quantitative estimate of drug-likeness (QED) is 0.669. The van der Waals surface area contributed by atoms with E-state index in [1.54, 1.807) is 12.1 Å². The topological polar surface area (TPSA) is 78.6 Å². The highest BCUT2D eigenvalue weighted by Crippen LogP contribution is 2.29. The van der Waals surface area contributed by atoms with Gasteiger partial charge < -0.3 is 15.2 Å². The van der Waals surface area contributed by atoms with Crippen LogP contribution in [0.2, 0.25) is 0 Å². The molecule has 110 valence electrons. The van der Waals surface area contributed by atoms with Crippen molar-refractivity contribution in [3.05, 3.63) is 35.4 Å². The lowest BCUT2D eigenvalue weighted by molar-refractivity contribution is -0.173. The van der Waals surface area contributed by atoms with E-state index in [1.807, 2.05) is 12.1 Å². The standard InChI is InChI=1S/C15H21NO4/c1-14(2,3)10-6-8-11(9-7-10)15(20-5,12(16)17)13(18)19-4/h6-9H,1-5H3,(H2,16,17). The Morgan fingerprint density at radius 1 is 1.00 bits per heavy atom. The fourth-order valence-electron chi connectivity index (χ4n) is 2.01. The summed E-state index contributed by atoms with van der Waals surface area (Å²) in [5.74, 6) is -1.74. The molecule has 5 nitrogen and oxygen atoms in total. The van der Waals surface area contributed by atoms with Gasteiger partial charge in [0.2, 0.25) is 0 Å². The molecule has 0 saturated heterocycles. The largest absolute Gasteiger partial charge is 0.466 e. The highest BCUT2D eigenvalue weighted by molar-refractivity contribution is 6.06. The average molecular weight is 279 g/mol. The Morgan fingerprint density at radius 2 is 1.45 bits per heavy atom. The van der Waals surface area contributed by atoms with Gasteiger partial charge in [0.05, 0.1) is 7.11 Å². The van der Waals surface area contributed by atoms with E-state index in [9.17, 15) is 9.59 Å². The molecule has 0 aliphatic carbocycles. The maximum Gasteiger partial charge on any atom is 0.352 e. The molecular weight excluding hydrogens is 258 g/mol. The molecule has 0 saturated carbocycles. The van der Waals surface area contributed by atoms with Gasteiger partial charge in [-0.2, -0.15) is 0 Å². The monoisotopic (exact) mass is 279 g/mol. The van der Waals surface area contributed by atoms with Crippen molar-refractivity contribution in [2.75, 3.05) is 14.2 Å². The highest BCUT2D eigenvalue weighted by Gasteiger charge is 2.48. The lowest BCUT2D eigenvalue weighted by atomic mass is 9.84. The zero-order valence-electron chi connectivity index (χ0n) is 12.5. The van der Waals surface area contributed by atoms with Crippen LogP contribution in [0.25, 0.3) is 0 Å². The SMILES string of the molecule is COC(=O)C(OC)(C(N)=O)c1ccc(C(C)(C)C)cc1. The Balaban J connectivity index is 3.36. The van der Waals surface area contributed by atoms with Crippen LogP contribution in [0.4, 0.5) is 0 Å². The molecule has 2 N–H and O–H groups in total. The van der Waals surface area contributed by atoms with Crippen molar-refractivity contribution in [2.45, 2.75) is 31.8 Å². The summed E-state index contributed by atoms with van der Waals surface area (Å²) in [6.45, 7) is 6.21. The molecule has 1 aromatic rings. The minimum absolute atomic E-state index is 0.0355. The fourth-order valence-corrected chi connectivity index (χ4v) is 2.01. The molecule has 0 aliphatic heterocycles. The number of carbonyl (C=O) groups excluding carboxylic acids is 2. The fraction of sp³-hybridized carbons (Fsp3) is 0.467. The predicted molar refractivity (Wildman–Crippen MR) is 75.0 cm³/mol. The van der Waals surface area contributed by atoms with Crippen LogP contribution >= 0.6 is 0 Å². The number of ether oxygens (including phenoxy) is 2. The van der Waals surface area contributed by atoms with E-state index in [2.05, 4.69) is 25.5 Å². The minimum Gasteiger partial charge on any atom is -0.466 e. The summed E-state index contributed by atoms with van der Waals surface area (Å²) in [4.78, 5) is 23.7. The van der Waals surface area contributed by atoms with Gasteiger partial charge in [-0.1, -0.05) is 45.0 Å². The van der Waals surface area contributed by atoms with Crippen LogP contribution in [0.15, 0.2) is 24.3 Å². The highest BCUT2D eigenvalue weighted by atomic mass is 16.6. The summed E-state index contributed by atoms with van der Waals surface area (Å²) < 4.78 is 9.77. The molecule has 0 radical (unpaired) electrons. The summed E-state index contributed by atoms with van der Waals surface area (Å²) in [6.07, 6.45) is 0. The minimum atomic E-state index is -1.91. The van der Waals surface area contributed by atoms with Crippen molar-refractivity contribution in [1.82, 2.24) is 0 Å². The van der Waals surface area contributed by atoms with Gasteiger partial charge >= 0.3 is 5.97 Å². The van der Waals surface area contributed by atoms with Gasteiger partial charge in [0.15, 0.2) is 0 Å². The predicted octanol–water partition coefficient (Wildman–Crippen LogP) is 1.48. The molecular formula is C15H21NO4. The van der Waals surface area contributed by atoms with Gasteiger partial charge in [0.25, 0.3) is 11.5 Å². The second kappa shape index (κ2) is 5.63. The first-order chi connectivity index (χ1) is 9.20. The maximum atomic E-state index is 11.9. The molecule has 0 aromatic heterocycles. The van der Waals surface area contributed by atoms with Gasteiger partial charge in [-0.3, -0.25) is 4.79 Å². The molecule has 1 atom stereocenters. The van der Waals surface area contributed by atoms with Gasteiger partial charge in [-0.25, -0.2) is 4.79 Å². The van der Waals surface area contributed by atoms with Crippen LogP contribution in [0.3, 0.4) is 0 Å². The Kier molecular flexibility index (Phi) is 4.55. The van der Waals surface area contributed by atoms with Crippen LogP contribution in [0, 0.1) is 0 Å². The Labute approximate surface area is 119 Å². The molecule has 0 heterocycles. The van der Waals surface area contributed by atoms with Crippen LogP contribution in [-0.2, 0) is 30.1 Å². The number of primary amides is 1. The van der Waals surface area contributed by atoms with E-state index in [1.165, 1.54) is 14.2 Å². The Morgan fingerprint density at radius 3 is 1.75 bits per heavy atom. The summed E-state index contributed by atoms with van der Waals surface area (Å²) >= 11 is 0.